The van der Waals surface area contributed by atoms with Crippen LogP contribution in [0.25, 0.3) is 16.9 Å². The van der Waals surface area contributed by atoms with Gasteiger partial charge < -0.3 is 19.7 Å². The molecular formula is C26H33N7O. The van der Waals surface area contributed by atoms with Gasteiger partial charge in [0.05, 0.1) is 17.6 Å². The summed E-state index contributed by atoms with van der Waals surface area (Å²) in [7, 11) is 0. The Balaban J connectivity index is 0.000000868. The second-order valence-corrected chi connectivity index (χ2v) is 8.48. The van der Waals surface area contributed by atoms with Crippen molar-refractivity contribution in [3.8, 4) is 17.0 Å². The van der Waals surface area contributed by atoms with E-state index in [1.54, 1.807) is 18.5 Å². The summed E-state index contributed by atoms with van der Waals surface area (Å²) in [6.45, 7) is 10.2. The number of allylic oxidation sites excluding steroid dienone is 1. The number of amidine groups is 1. The van der Waals surface area contributed by atoms with Crippen molar-refractivity contribution in [2.24, 2.45) is 10.2 Å². The lowest BCUT2D eigenvalue weighted by molar-refractivity contribution is 0.352. The average Bonchev–Trinajstić information content (AvgIpc) is 3.23. The molecule has 0 atom stereocenters. The molecule has 5 rings (SSSR count). The lowest BCUT2D eigenvalue weighted by Gasteiger charge is -2.29. The molecule has 2 N–H and O–H groups in total. The molecule has 178 valence electrons. The Labute approximate surface area is 200 Å². The van der Waals surface area contributed by atoms with Gasteiger partial charge in [0.15, 0.2) is 5.65 Å². The van der Waals surface area contributed by atoms with Gasteiger partial charge in [0, 0.05) is 62.3 Å². The molecule has 0 bridgehead atoms. The predicted octanol–water partition coefficient (Wildman–Crippen LogP) is 4.27. The Kier molecular flexibility index (Phi) is 7.69. The van der Waals surface area contributed by atoms with Gasteiger partial charge in [0.1, 0.15) is 11.6 Å². The van der Waals surface area contributed by atoms with Gasteiger partial charge in [0.2, 0.25) is 0 Å². The summed E-state index contributed by atoms with van der Waals surface area (Å²) in [6, 6.07) is 5.57. The summed E-state index contributed by atoms with van der Waals surface area (Å²) in [5.41, 5.74) is 4.99. The highest BCUT2D eigenvalue weighted by molar-refractivity contribution is 6.12. The molecule has 0 amide bonds. The molecule has 8 nitrogen and oxygen atoms in total. The fraction of sp³-hybridized carbons (Fsp3) is 0.385. The molecule has 1 saturated heterocycles. The van der Waals surface area contributed by atoms with E-state index in [4.69, 9.17) is 0 Å². The number of imidazole rings is 1. The van der Waals surface area contributed by atoms with Crippen LogP contribution in [0, 0.1) is 0 Å². The quantitative estimate of drug-likeness (QED) is 0.611. The maximum absolute atomic E-state index is 10.8. The molecule has 3 aromatic rings. The minimum atomic E-state index is 0.163. The predicted molar refractivity (Wildman–Crippen MR) is 137 cm³/mol. The van der Waals surface area contributed by atoms with Crippen molar-refractivity contribution in [1.29, 1.82) is 0 Å². The van der Waals surface area contributed by atoms with E-state index in [0.717, 1.165) is 61.8 Å². The number of nitrogens with one attached hydrogen (secondary N) is 1. The van der Waals surface area contributed by atoms with Crippen LogP contribution in [0.4, 0.5) is 0 Å². The summed E-state index contributed by atoms with van der Waals surface area (Å²) < 4.78 is 1.91. The first-order chi connectivity index (χ1) is 16.6. The summed E-state index contributed by atoms with van der Waals surface area (Å²) in [6.07, 6.45) is 12.2. The number of aromatic hydroxyl groups is 1. The highest BCUT2D eigenvalue weighted by atomic mass is 16.3. The molecule has 1 aromatic carbocycles. The number of hydrogen-bond donors (Lipinski definition) is 2. The molecule has 2 aliphatic rings. The first-order valence-electron chi connectivity index (χ1n) is 12.0. The smallest absolute Gasteiger partial charge is 0.155 e. The number of fused-ring (bicyclic) bond motifs is 1. The molecule has 0 saturated carbocycles. The van der Waals surface area contributed by atoms with Gasteiger partial charge in [-0.15, -0.1) is 10.2 Å². The third-order valence-corrected chi connectivity index (χ3v) is 5.78. The van der Waals surface area contributed by atoms with E-state index in [1.807, 2.05) is 28.9 Å². The van der Waals surface area contributed by atoms with E-state index < -0.39 is 0 Å². The summed E-state index contributed by atoms with van der Waals surface area (Å²) >= 11 is 0. The molecule has 8 heteroatoms. The fourth-order valence-electron chi connectivity index (χ4n) is 3.96. The number of benzene rings is 1. The largest absolute Gasteiger partial charge is 0.507 e. The highest BCUT2D eigenvalue weighted by Gasteiger charge is 2.19. The van der Waals surface area contributed by atoms with E-state index >= 15 is 0 Å². The minimum Gasteiger partial charge on any atom is -0.507 e. The number of phenolic OH excluding ortho intramolecular Hbond substituents is 1. The highest BCUT2D eigenvalue weighted by Crippen LogP contribution is 2.28. The Morgan fingerprint density at radius 2 is 1.85 bits per heavy atom. The number of rotatable bonds is 3. The Hall–Kier alpha value is -3.52. The second kappa shape index (κ2) is 11.1. The molecular weight excluding hydrogens is 426 g/mol. The van der Waals surface area contributed by atoms with E-state index in [-0.39, 0.29) is 5.75 Å². The van der Waals surface area contributed by atoms with Crippen LogP contribution >= 0.6 is 0 Å². The molecule has 0 radical (unpaired) electrons. The summed E-state index contributed by atoms with van der Waals surface area (Å²) in [5, 5.41) is 23.3. The van der Waals surface area contributed by atoms with Gasteiger partial charge in [-0.25, -0.2) is 4.98 Å². The van der Waals surface area contributed by atoms with E-state index in [1.165, 1.54) is 12.0 Å². The van der Waals surface area contributed by atoms with Gasteiger partial charge in [-0.05, 0) is 24.6 Å². The zero-order valence-corrected chi connectivity index (χ0v) is 20.2. The van der Waals surface area contributed by atoms with Crippen LogP contribution in [0.3, 0.4) is 0 Å². The van der Waals surface area contributed by atoms with Gasteiger partial charge in [0.25, 0.3) is 0 Å². The number of phenols is 1. The average molecular weight is 460 g/mol. The molecule has 2 aromatic heterocycles. The van der Waals surface area contributed by atoms with Gasteiger partial charge in [-0.1, -0.05) is 38.8 Å². The van der Waals surface area contributed by atoms with Gasteiger partial charge in [-0.2, -0.15) is 0 Å². The zero-order chi connectivity index (χ0) is 23.9. The number of nitrogens with zero attached hydrogens (tertiary/aromatic N) is 6. The van der Waals surface area contributed by atoms with Crippen molar-refractivity contribution in [2.75, 3.05) is 26.2 Å². The van der Waals surface area contributed by atoms with Crippen LogP contribution in [0.5, 0.6) is 5.75 Å². The Morgan fingerprint density at radius 3 is 2.59 bits per heavy atom. The second-order valence-electron chi connectivity index (χ2n) is 8.48. The van der Waals surface area contributed by atoms with Crippen molar-refractivity contribution < 1.29 is 5.11 Å². The van der Waals surface area contributed by atoms with E-state index in [9.17, 15) is 5.11 Å². The molecule has 1 fully saturated rings. The number of piperazine rings is 1. The molecule has 4 heterocycles. The first kappa shape index (κ1) is 23.6. The zero-order valence-electron chi connectivity index (χ0n) is 20.2. The number of aromatic nitrogens is 3. The lowest BCUT2D eigenvalue weighted by Crippen LogP contribution is -2.46. The Bertz CT molecular complexity index is 1220. The third-order valence-electron chi connectivity index (χ3n) is 5.78. The van der Waals surface area contributed by atoms with Gasteiger partial charge >= 0.3 is 0 Å². The monoisotopic (exact) mass is 459 g/mol. The standard InChI is InChI=1S/C23H25N7O.C3H8/c1-2-16-11-19(27-28-22(12-16)29-8-5-24-6-9-29)18-4-3-17(13-21(18)31)20-15-30-10-7-25-23(30)14-26-20;1-3-2/h3-4,7,10-11,13-15,24,31H,2,5-6,8-9,12H2,1H3;3H2,1-2H3. The maximum atomic E-state index is 10.8. The van der Waals surface area contributed by atoms with E-state index in [2.05, 4.69) is 57.2 Å². The van der Waals surface area contributed by atoms with Crippen molar-refractivity contribution in [2.45, 2.75) is 40.0 Å². The maximum Gasteiger partial charge on any atom is 0.155 e. The third kappa shape index (κ3) is 5.34. The lowest BCUT2D eigenvalue weighted by atomic mass is 10.0. The first-order valence-corrected chi connectivity index (χ1v) is 12.0. The van der Waals surface area contributed by atoms with Crippen LogP contribution in [0.1, 0.15) is 45.6 Å². The molecule has 0 spiro atoms. The molecule has 2 aliphatic heterocycles. The summed E-state index contributed by atoms with van der Waals surface area (Å²) in [4.78, 5) is 11.0. The van der Waals surface area contributed by atoms with Crippen LogP contribution < -0.4 is 5.32 Å². The van der Waals surface area contributed by atoms with Crippen LogP contribution in [-0.4, -0.2) is 62.1 Å². The van der Waals surface area contributed by atoms with Crippen LogP contribution in [0.15, 0.2) is 64.8 Å². The van der Waals surface area contributed by atoms with Crippen molar-refractivity contribution >= 4 is 17.2 Å². The Morgan fingerprint density at radius 1 is 1.06 bits per heavy atom. The molecule has 0 aliphatic carbocycles. The van der Waals surface area contributed by atoms with E-state index in [0.29, 0.717) is 11.3 Å². The molecule has 34 heavy (non-hydrogen) atoms. The topological polar surface area (TPSA) is 90.4 Å². The normalized spacial score (nSPS) is 16.2. The van der Waals surface area contributed by atoms with Crippen molar-refractivity contribution in [1.82, 2.24) is 24.6 Å². The SMILES string of the molecule is CCC.CCC1=CC(c2ccc(-c3cn4ccnc4cn3)cc2O)=NN=C(N2CCNCC2)C1. The minimum absolute atomic E-state index is 0.163. The van der Waals surface area contributed by atoms with Crippen LogP contribution in [-0.2, 0) is 0 Å². The van der Waals surface area contributed by atoms with Gasteiger partial charge in [-0.3, -0.25) is 4.98 Å². The van der Waals surface area contributed by atoms with Crippen molar-refractivity contribution in [3.05, 3.63) is 60.2 Å². The van der Waals surface area contributed by atoms with Crippen molar-refractivity contribution in [3.63, 3.8) is 0 Å². The molecule has 0 unspecified atom stereocenters. The number of hydrogen-bond acceptors (Lipinski definition) is 7. The van der Waals surface area contributed by atoms with Crippen LogP contribution in [0.2, 0.25) is 0 Å². The fourth-order valence-corrected chi connectivity index (χ4v) is 3.96. The summed E-state index contributed by atoms with van der Waals surface area (Å²) in [5.74, 6) is 1.16.